The van der Waals surface area contributed by atoms with Gasteiger partial charge in [-0.25, -0.2) is 9.18 Å². The van der Waals surface area contributed by atoms with Gasteiger partial charge in [-0.2, -0.15) is 0 Å². The zero-order chi connectivity index (χ0) is 24.2. The van der Waals surface area contributed by atoms with Crippen molar-refractivity contribution >= 4 is 40.1 Å². The molecular weight excluding hydrogens is 465 g/mol. The lowest BCUT2D eigenvalue weighted by Gasteiger charge is -2.34. The molecule has 1 saturated heterocycles. The van der Waals surface area contributed by atoms with Crippen LogP contribution in [0.1, 0.15) is 5.56 Å². The summed E-state index contributed by atoms with van der Waals surface area (Å²) in [6.07, 6.45) is 0. The monoisotopic (exact) mass is 487 g/mol. The highest BCUT2D eigenvalue weighted by Crippen LogP contribution is 2.31. The molecule has 8 nitrogen and oxygen atoms in total. The van der Waals surface area contributed by atoms with Crippen LogP contribution >= 0.6 is 11.6 Å². The van der Waals surface area contributed by atoms with Gasteiger partial charge in [0.1, 0.15) is 17.1 Å². The zero-order valence-electron chi connectivity index (χ0n) is 18.5. The first kappa shape index (κ1) is 23.7. The number of halogens is 2. The second-order valence-corrected chi connectivity index (χ2v) is 8.44. The summed E-state index contributed by atoms with van der Waals surface area (Å²) < 4.78 is 23.8. The normalized spacial score (nSPS) is 14.3. The van der Waals surface area contributed by atoms with Gasteiger partial charge >= 0.3 is 5.63 Å². The molecule has 0 atom stereocenters. The molecular formula is C24H23ClFN3O5. The average Bonchev–Trinajstić information content (AvgIpc) is 2.80. The van der Waals surface area contributed by atoms with Gasteiger partial charge in [0.25, 0.3) is 5.91 Å². The Bertz CT molecular complexity index is 1270. The number of rotatable bonds is 6. The molecule has 0 saturated carbocycles. The number of ether oxygens (including phenoxy) is 1. The van der Waals surface area contributed by atoms with E-state index in [4.69, 9.17) is 20.8 Å². The molecule has 0 aliphatic carbocycles. The Labute approximate surface area is 199 Å². The van der Waals surface area contributed by atoms with Gasteiger partial charge in [0, 0.05) is 49.4 Å². The number of fused-ring (bicyclic) bond motifs is 1. The van der Waals surface area contributed by atoms with Gasteiger partial charge in [-0.3, -0.25) is 14.5 Å². The standard InChI is InChI=1S/C24H23ClFN3O5/c1-15-10-24(32)34-20-12-21(19(25)11-18(15)20)33-14-23(31)29-8-6-28(7-9-29)13-22(30)27-17-4-2-16(26)3-5-17/h2-5,10-12H,6-9,13-14H2,1H3,(H,27,30). The Balaban J connectivity index is 1.27. The number of anilines is 1. The summed E-state index contributed by atoms with van der Waals surface area (Å²) in [5.74, 6) is -0.528. The van der Waals surface area contributed by atoms with E-state index in [1.165, 1.54) is 36.4 Å². The van der Waals surface area contributed by atoms with Crippen LogP contribution in [0.4, 0.5) is 10.1 Å². The van der Waals surface area contributed by atoms with E-state index >= 15 is 0 Å². The molecule has 2 aromatic carbocycles. The number of nitrogens with zero attached hydrogens (tertiary/aromatic N) is 2. The average molecular weight is 488 g/mol. The second kappa shape index (κ2) is 10.2. The number of piperazine rings is 1. The number of amides is 2. The van der Waals surface area contributed by atoms with Crippen LogP contribution in [0.3, 0.4) is 0 Å². The van der Waals surface area contributed by atoms with Crippen molar-refractivity contribution in [1.29, 1.82) is 0 Å². The predicted molar refractivity (Wildman–Crippen MR) is 126 cm³/mol. The SMILES string of the molecule is Cc1cc(=O)oc2cc(OCC(=O)N3CCN(CC(=O)Nc4ccc(F)cc4)CC3)c(Cl)cc12. The van der Waals surface area contributed by atoms with Crippen molar-refractivity contribution in [3.8, 4) is 5.75 Å². The van der Waals surface area contributed by atoms with E-state index in [0.29, 0.717) is 47.9 Å². The van der Waals surface area contributed by atoms with Crippen LogP contribution in [0.5, 0.6) is 5.75 Å². The van der Waals surface area contributed by atoms with Gasteiger partial charge in [0.05, 0.1) is 11.6 Å². The first-order chi connectivity index (χ1) is 16.3. The maximum absolute atomic E-state index is 13.0. The minimum atomic E-state index is -0.474. The second-order valence-electron chi connectivity index (χ2n) is 8.03. The van der Waals surface area contributed by atoms with E-state index in [9.17, 15) is 18.8 Å². The van der Waals surface area contributed by atoms with E-state index in [1.54, 1.807) is 17.9 Å². The molecule has 1 fully saturated rings. The number of nitrogens with one attached hydrogen (secondary N) is 1. The molecule has 1 aromatic heterocycles. The van der Waals surface area contributed by atoms with Crippen molar-refractivity contribution in [3.05, 3.63) is 69.3 Å². The summed E-state index contributed by atoms with van der Waals surface area (Å²) in [6, 6.07) is 10.1. The summed E-state index contributed by atoms with van der Waals surface area (Å²) >= 11 is 6.28. The molecule has 2 amide bonds. The number of aryl methyl sites for hydroxylation is 1. The Morgan fingerprint density at radius 1 is 1.12 bits per heavy atom. The minimum Gasteiger partial charge on any atom is -0.482 e. The fourth-order valence-corrected chi connectivity index (χ4v) is 3.97. The van der Waals surface area contributed by atoms with Crippen molar-refractivity contribution < 1.29 is 23.1 Å². The summed E-state index contributed by atoms with van der Waals surface area (Å²) in [5.41, 5.74) is 1.13. The maximum atomic E-state index is 13.0. The van der Waals surface area contributed by atoms with E-state index in [-0.39, 0.29) is 36.5 Å². The number of carbonyl (C=O) groups is 2. The van der Waals surface area contributed by atoms with Gasteiger partial charge in [0.2, 0.25) is 5.91 Å². The number of hydrogen-bond acceptors (Lipinski definition) is 6. The molecule has 178 valence electrons. The topological polar surface area (TPSA) is 92.1 Å². The van der Waals surface area contributed by atoms with Gasteiger partial charge in [0.15, 0.2) is 6.61 Å². The zero-order valence-corrected chi connectivity index (χ0v) is 19.2. The number of hydrogen-bond donors (Lipinski definition) is 1. The molecule has 10 heteroatoms. The highest BCUT2D eigenvalue weighted by atomic mass is 35.5. The van der Waals surface area contributed by atoms with Crippen LogP contribution in [0.25, 0.3) is 11.0 Å². The lowest BCUT2D eigenvalue weighted by atomic mass is 10.1. The molecule has 4 rings (SSSR count). The minimum absolute atomic E-state index is 0.174. The van der Waals surface area contributed by atoms with Crippen molar-refractivity contribution in [2.45, 2.75) is 6.92 Å². The Morgan fingerprint density at radius 3 is 2.53 bits per heavy atom. The van der Waals surface area contributed by atoms with Crippen LogP contribution in [0, 0.1) is 12.7 Å². The first-order valence-electron chi connectivity index (χ1n) is 10.7. The molecule has 1 N–H and O–H groups in total. The van der Waals surface area contributed by atoms with Crippen molar-refractivity contribution in [2.75, 3.05) is 44.6 Å². The fourth-order valence-electron chi connectivity index (χ4n) is 3.75. The molecule has 1 aliphatic heterocycles. The molecule has 0 unspecified atom stereocenters. The maximum Gasteiger partial charge on any atom is 0.336 e. The van der Waals surface area contributed by atoms with Gasteiger partial charge < -0.3 is 19.4 Å². The lowest BCUT2D eigenvalue weighted by Crippen LogP contribution is -2.51. The highest BCUT2D eigenvalue weighted by molar-refractivity contribution is 6.32. The quantitative estimate of drug-likeness (QED) is 0.537. The fraction of sp³-hybridized carbons (Fsp3) is 0.292. The van der Waals surface area contributed by atoms with Crippen LogP contribution in [0.2, 0.25) is 5.02 Å². The summed E-state index contributed by atoms with van der Waals surface area (Å²) in [7, 11) is 0. The predicted octanol–water partition coefficient (Wildman–Crippen LogP) is 3.06. The van der Waals surface area contributed by atoms with Crippen molar-refractivity contribution in [2.24, 2.45) is 0 Å². The Kier molecular flexibility index (Phi) is 7.14. The van der Waals surface area contributed by atoms with E-state index < -0.39 is 5.63 Å². The first-order valence-corrected chi connectivity index (χ1v) is 11.1. The van der Waals surface area contributed by atoms with E-state index in [0.717, 1.165) is 5.56 Å². The van der Waals surface area contributed by atoms with Gasteiger partial charge in [-0.05, 0) is 42.8 Å². The van der Waals surface area contributed by atoms with E-state index in [2.05, 4.69) is 5.32 Å². The Morgan fingerprint density at radius 2 is 1.82 bits per heavy atom. The summed E-state index contributed by atoms with van der Waals surface area (Å²) in [4.78, 5) is 40.1. The molecule has 0 bridgehead atoms. The van der Waals surface area contributed by atoms with Crippen LogP contribution in [-0.2, 0) is 9.59 Å². The van der Waals surface area contributed by atoms with Crippen LogP contribution in [-0.4, -0.2) is 60.9 Å². The highest BCUT2D eigenvalue weighted by Gasteiger charge is 2.23. The van der Waals surface area contributed by atoms with Crippen molar-refractivity contribution in [1.82, 2.24) is 9.80 Å². The molecule has 0 radical (unpaired) electrons. The smallest absolute Gasteiger partial charge is 0.336 e. The third-order valence-corrected chi connectivity index (χ3v) is 5.87. The van der Waals surface area contributed by atoms with Crippen LogP contribution < -0.4 is 15.7 Å². The molecule has 2 heterocycles. The third-order valence-electron chi connectivity index (χ3n) is 5.58. The molecule has 1 aliphatic rings. The Hall–Kier alpha value is -3.43. The summed E-state index contributed by atoms with van der Waals surface area (Å²) in [6.45, 7) is 3.70. The molecule has 0 spiro atoms. The van der Waals surface area contributed by atoms with E-state index in [1.807, 2.05) is 4.90 Å². The largest absolute Gasteiger partial charge is 0.482 e. The van der Waals surface area contributed by atoms with Gasteiger partial charge in [-0.15, -0.1) is 0 Å². The number of benzene rings is 2. The molecule has 34 heavy (non-hydrogen) atoms. The number of carbonyl (C=O) groups excluding carboxylic acids is 2. The lowest BCUT2D eigenvalue weighted by molar-refractivity contribution is -0.135. The summed E-state index contributed by atoms with van der Waals surface area (Å²) in [5, 5.41) is 3.74. The molecule has 3 aromatic rings. The van der Waals surface area contributed by atoms with Crippen molar-refractivity contribution in [3.63, 3.8) is 0 Å². The van der Waals surface area contributed by atoms with Gasteiger partial charge in [-0.1, -0.05) is 11.6 Å². The third kappa shape index (κ3) is 5.73. The van der Waals surface area contributed by atoms with Crippen LogP contribution in [0.15, 0.2) is 51.7 Å².